The number of carbonyl (C=O) groups is 2. The van der Waals surface area contributed by atoms with Gasteiger partial charge in [-0.05, 0) is 49.8 Å². The lowest BCUT2D eigenvalue weighted by Crippen LogP contribution is -2.41. The van der Waals surface area contributed by atoms with Crippen molar-refractivity contribution in [1.82, 2.24) is 9.88 Å². The lowest BCUT2D eigenvalue weighted by Gasteiger charge is -2.21. The Labute approximate surface area is 188 Å². The fraction of sp³-hybridized carbons (Fsp3) is 0.500. The molecular formula is C22H25F2N3O6. The van der Waals surface area contributed by atoms with Gasteiger partial charge in [0.1, 0.15) is 6.04 Å². The summed E-state index contributed by atoms with van der Waals surface area (Å²) >= 11 is 0. The van der Waals surface area contributed by atoms with E-state index in [0.29, 0.717) is 37.5 Å². The normalized spacial score (nSPS) is 18.0. The highest BCUT2D eigenvalue weighted by Crippen LogP contribution is 2.37. The summed E-state index contributed by atoms with van der Waals surface area (Å²) in [7, 11) is 1.27. The molecule has 1 aliphatic heterocycles. The second-order valence-corrected chi connectivity index (χ2v) is 7.97. The molecular weight excluding hydrogens is 440 g/mol. The van der Waals surface area contributed by atoms with Crippen LogP contribution in [-0.4, -0.2) is 54.7 Å². The monoisotopic (exact) mass is 465 g/mol. The summed E-state index contributed by atoms with van der Waals surface area (Å²) in [6, 6.07) is 3.61. The average molecular weight is 465 g/mol. The number of esters is 1. The van der Waals surface area contributed by atoms with E-state index in [9.17, 15) is 18.4 Å². The van der Waals surface area contributed by atoms with Crippen LogP contribution < -0.4 is 15.2 Å². The molecule has 178 valence electrons. The highest BCUT2D eigenvalue weighted by Gasteiger charge is 2.37. The van der Waals surface area contributed by atoms with E-state index < -0.39 is 24.5 Å². The summed E-state index contributed by atoms with van der Waals surface area (Å²) in [5.74, 6) is -0.329. The molecule has 33 heavy (non-hydrogen) atoms. The van der Waals surface area contributed by atoms with Crippen LogP contribution in [-0.2, 0) is 16.1 Å². The van der Waals surface area contributed by atoms with Gasteiger partial charge < -0.3 is 29.3 Å². The van der Waals surface area contributed by atoms with Gasteiger partial charge in [0.25, 0.3) is 5.91 Å². The molecule has 1 unspecified atom stereocenters. The van der Waals surface area contributed by atoms with E-state index in [4.69, 9.17) is 19.6 Å². The summed E-state index contributed by atoms with van der Waals surface area (Å²) in [5.41, 5.74) is 6.17. The molecule has 1 atom stereocenters. The molecule has 1 aliphatic carbocycles. The van der Waals surface area contributed by atoms with Gasteiger partial charge in [-0.3, -0.25) is 4.79 Å². The van der Waals surface area contributed by atoms with Crippen molar-refractivity contribution in [3.8, 4) is 23.0 Å². The number of rotatable bonds is 9. The molecule has 2 fully saturated rings. The van der Waals surface area contributed by atoms with Crippen molar-refractivity contribution in [2.45, 2.75) is 44.9 Å². The van der Waals surface area contributed by atoms with Crippen LogP contribution in [0.1, 0.15) is 41.9 Å². The van der Waals surface area contributed by atoms with E-state index in [0.717, 1.165) is 12.8 Å². The first-order valence-corrected chi connectivity index (χ1v) is 10.7. The van der Waals surface area contributed by atoms with Crippen LogP contribution in [0.4, 0.5) is 8.78 Å². The predicted octanol–water partition coefficient (Wildman–Crippen LogP) is 2.97. The van der Waals surface area contributed by atoms with E-state index in [-0.39, 0.29) is 35.4 Å². The molecule has 1 amide bonds. The largest absolute Gasteiger partial charge is 0.489 e. The number of methoxy groups -OCH3 is 1. The second kappa shape index (κ2) is 9.74. The van der Waals surface area contributed by atoms with Crippen molar-refractivity contribution >= 4 is 11.9 Å². The third-order valence-corrected chi connectivity index (χ3v) is 5.65. The third-order valence-electron chi connectivity index (χ3n) is 5.65. The smallest absolute Gasteiger partial charge is 0.387 e. The van der Waals surface area contributed by atoms with Crippen molar-refractivity contribution in [3.05, 3.63) is 29.7 Å². The first-order valence-electron chi connectivity index (χ1n) is 10.7. The SMILES string of the molecule is COC(=O)C1CCCN1C(=O)c1nc(-c2ccc(OC(F)F)c(OCC3CC3)c2)oc1CN. The van der Waals surface area contributed by atoms with E-state index >= 15 is 0 Å². The Balaban J connectivity index is 1.62. The standard InChI is InChI=1S/C22H25F2N3O6/c1-30-21(29)14-3-2-8-27(14)20(28)18-17(10-25)32-19(26-18)13-6-7-15(33-22(23)24)16(9-13)31-11-12-4-5-12/h6-7,9,12,14,22H,2-5,8,10-11,25H2,1H3. The number of amides is 1. The summed E-state index contributed by atoms with van der Waals surface area (Å²) in [5, 5.41) is 0. The van der Waals surface area contributed by atoms with Crippen molar-refractivity contribution in [1.29, 1.82) is 0 Å². The number of hydrogen-bond donors (Lipinski definition) is 1. The van der Waals surface area contributed by atoms with Gasteiger partial charge in [0.2, 0.25) is 5.89 Å². The van der Waals surface area contributed by atoms with E-state index in [1.807, 2.05) is 0 Å². The molecule has 2 aliphatic rings. The zero-order chi connectivity index (χ0) is 23.5. The number of aromatic nitrogens is 1. The van der Waals surface area contributed by atoms with Crippen LogP contribution in [0, 0.1) is 5.92 Å². The fourth-order valence-electron chi connectivity index (χ4n) is 3.75. The molecule has 0 bridgehead atoms. The molecule has 2 N–H and O–H groups in total. The number of hydrogen-bond acceptors (Lipinski definition) is 8. The molecule has 2 aromatic rings. The number of oxazole rings is 1. The lowest BCUT2D eigenvalue weighted by molar-refractivity contribution is -0.145. The topological polar surface area (TPSA) is 117 Å². The minimum Gasteiger partial charge on any atom is -0.489 e. The summed E-state index contributed by atoms with van der Waals surface area (Å²) in [6.07, 6.45) is 3.20. The molecule has 1 saturated carbocycles. The van der Waals surface area contributed by atoms with Crippen LogP contribution in [0.5, 0.6) is 11.5 Å². The van der Waals surface area contributed by atoms with E-state index in [2.05, 4.69) is 9.72 Å². The quantitative estimate of drug-likeness (QED) is 0.562. The number of halogens is 2. The number of nitrogens with two attached hydrogens (primary N) is 1. The molecule has 2 heterocycles. The zero-order valence-corrected chi connectivity index (χ0v) is 18.1. The minimum absolute atomic E-state index is 0.00309. The Morgan fingerprint density at radius 1 is 1.27 bits per heavy atom. The molecule has 1 aromatic heterocycles. The first kappa shape index (κ1) is 23.0. The number of nitrogens with zero attached hydrogens (tertiary/aromatic N) is 2. The van der Waals surface area contributed by atoms with Gasteiger partial charge in [-0.25, -0.2) is 9.78 Å². The molecule has 4 rings (SSSR count). The van der Waals surface area contributed by atoms with Gasteiger partial charge in [-0.1, -0.05) is 0 Å². The number of carbonyl (C=O) groups excluding carboxylic acids is 2. The highest BCUT2D eigenvalue weighted by atomic mass is 19.3. The maximum absolute atomic E-state index is 13.1. The van der Waals surface area contributed by atoms with Crippen LogP contribution in [0.2, 0.25) is 0 Å². The lowest BCUT2D eigenvalue weighted by atomic mass is 10.2. The second-order valence-electron chi connectivity index (χ2n) is 7.97. The maximum Gasteiger partial charge on any atom is 0.387 e. The van der Waals surface area contributed by atoms with Gasteiger partial charge in [-0.15, -0.1) is 0 Å². The number of benzene rings is 1. The van der Waals surface area contributed by atoms with Gasteiger partial charge in [0.05, 0.1) is 20.3 Å². The Hall–Kier alpha value is -3.21. The molecule has 11 heteroatoms. The van der Waals surface area contributed by atoms with Crippen molar-refractivity contribution in [3.63, 3.8) is 0 Å². The molecule has 0 spiro atoms. The van der Waals surface area contributed by atoms with Crippen molar-refractivity contribution in [2.24, 2.45) is 11.7 Å². The van der Waals surface area contributed by atoms with Crippen LogP contribution in [0.3, 0.4) is 0 Å². The molecule has 0 radical (unpaired) electrons. The van der Waals surface area contributed by atoms with Gasteiger partial charge in [-0.2, -0.15) is 8.78 Å². The average Bonchev–Trinajstić information content (AvgIpc) is 3.33. The van der Waals surface area contributed by atoms with Crippen molar-refractivity contribution < 1.29 is 37.0 Å². The van der Waals surface area contributed by atoms with Gasteiger partial charge >= 0.3 is 12.6 Å². The summed E-state index contributed by atoms with van der Waals surface area (Å²) in [4.78, 5) is 30.9. The summed E-state index contributed by atoms with van der Waals surface area (Å²) < 4.78 is 46.3. The predicted molar refractivity (Wildman–Crippen MR) is 111 cm³/mol. The minimum atomic E-state index is -3.00. The number of alkyl halides is 2. The van der Waals surface area contributed by atoms with Crippen LogP contribution in [0.15, 0.2) is 22.6 Å². The van der Waals surface area contributed by atoms with Crippen molar-refractivity contribution in [2.75, 3.05) is 20.3 Å². The molecule has 1 aromatic carbocycles. The van der Waals surface area contributed by atoms with E-state index in [1.165, 1.54) is 30.2 Å². The number of ether oxygens (including phenoxy) is 3. The Bertz CT molecular complexity index is 1020. The summed E-state index contributed by atoms with van der Waals surface area (Å²) in [6.45, 7) is -2.33. The third kappa shape index (κ3) is 5.08. The molecule has 9 nitrogen and oxygen atoms in total. The fourth-order valence-corrected chi connectivity index (χ4v) is 3.75. The van der Waals surface area contributed by atoms with Gasteiger partial charge in [0.15, 0.2) is 23.0 Å². The van der Waals surface area contributed by atoms with E-state index in [1.54, 1.807) is 0 Å². The Kier molecular flexibility index (Phi) is 6.77. The Morgan fingerprint density at radius 2 is 2.06 bits per heavy atom. The Morgan fingerprint density at radius 3 is 2.73 bits per heavy atom. The highest BCUT2D eigenvalue weighted by molar-refractivity contribution is 5.96. The molecule has 1 saturated heterocycles. The zero-order valence-electron chi connectivity index (χ0n) is 18.1. The number of likely N-dealkylation sites (tertiary alicyclic amines) is 1. The van der Waals surface area contributed by atoms with Gasteiger partial charge in [0, 0.05) is 12.1 Å². The maximum atomic E-state index is 13.1. The van der Waals surface area contributed by atoms with Crippen LogP contribution >= 0.6 is 0 Å². The van der Waals surface area contributed by atoms with Crippen LogP contribution in [0.25, 0.3) is 11.5 Å². The first-order chi connectivity index (χ1) is 15.9.